The lowest BCUT2D eigenvalue weighted by Crippen LogP contribution is -2.51. The molecule has 37 heavy (non-hydrogen) atoms. The van der Waals surface area contributed by atoms with Gasteiger partial charge in [0.2, 0.25) is 5.91 Å². The third-order valence-electron chi connectivity index (χ3n) is 7.65. The van der Waals surface area contributed by atoms with Gasteiger partial charge in [-0.1, -0.05) is 54.1 Å². The number of nitrogens with one attached hydrogen (secondary N) is 1. The Morgan fingerprint density at radius 1 is 1.08 bits per heavy atom. The maximum Gasteiger partial charge on any atom is 0.279 e. The molecule has 0 spiro atoms. The first-order valence-corrected chi connectivity index (χ1v) is 13.0. The number of rotatable bonds is 5. The molecule has 0 bridgehead atoms. The Morgan fingerprint density at radius 2 is 1.84 bits per heavy atom. The zero-order valence-electron chi connectivity index (χ0n) is 20.5. The van der Waals surface area contributed by atoms with Crippen molar-refractivity contribution in [2.75, 3.05) is 26.2 Å². The number of nitrogens with zero attached hydrogens (tertiary/aromatic N) is 3. The molecule has 3 aromatic rings. The molecule has 8 nitrogen and oxygen atoms in total. The summed E-state index contributed by atoms with van der Waals surface area (Å²) in [5.74, 6) is -0.678. The van der Waals surface area contributed by atoms with Gasteiger partial charge in [0.1, 0.15) is 5.56 Å². The zero-order valence-corrected chi connectivity index (χ0v) is 21.3. The first-order valence-electron chi connectivity index (χ1n) is 12.6. The number of nitrogens with two attached hydrogens (primary N) is 1. The molecular weight excluding hydrogens is 490 g/mol. The quantitative estimate of drug-likeness (QED) is 0.538. The fourth-order valence-corrected chi connectivity index (χ4v) is 5.66. The highest BCUT2D eigenvalue weighted by Gasteiger charge is 2.37. The number of carbonyl (C=O) groups is 2. The third kappa shape index (κ3) is 5.04. The number of amides is 2. The van der Waals surface area contributed by atoms with Crippen LogP contribution in [0.1, 0.15) is 47.6 Å². The fraction of sp³-hybridized carbons (Fsp3) is 0.357. The molecule has 5 rings (SSSR count). The van der Waals surface area contributed by atoms with Crippen LogP contribution in [0.4, 0.5) is 0 Å². The Morgan fingerprint density at radius 3 is 2.51 bits per heavy atom. The van der Waals surface area contributed by atoms with Crippen LogP contribution in [0.25, 0.3) is 11.3 Å². The Bertz CT molecular complexity index is 1370. The van der Waals surface area contributed by atoms with Crippen molar-refractivity contribution in [3.63, 3.8) is 0 Å². The van der Waals surface area contributed by atoms with Gasteiger partial charge < -0.3 is 16.0 Å². The van der Waals surface area contributed by atoms with E-state index in [1.165, 1.54) is 9.58 Å². The maximum atomic E-state index is 13.7. The van der Waals surface area contributed by atoms with Gasteiger partial charge in [-0.3, -0.25) is 14.4 Å². The summed E-state index contributed by atoms with van der Waals surface area (Å²) in [6.07, 6.45) is 2.92. The monoisotopic (exact) mass is 519 g/mol. The smallest absolute Gasteiger partial charge is 0.279 e. The second-order valence-corrected chi connectivity index (χ2v) is 10.3. The van der Waals surface area contributed by atoms with Crippen LogP contribution in [0.2, 0.25) is 5.02 Å². The van der Waals surface area contributed by atoms with E-state index in [9.17, 15) is 14.4 Å². The standard InChI is InChI=1S/C28H30ClN5O3/c29-21-8-4-7-20(15-21)28(18-30)11-9-22(10-12-28)34-27(37)23(26(36)33-14-13-31-25(35)17-33)16-24(32-34)19-5-2-1-3-6-19/h1-8,15-16,22H,9-14,17-18,30H2,(H,31,35). The number of piperazine rings is 1. The summed E-state index contributed by atoms with van der Waals surface area (Å²) in [5.41, 5.74) is 8.14. The van der Waals surface area contributed by atoms with Gasteiger partial charge >= 0.3 is 0 Å². The van der Waals surface area contributed by atoms with Crippen LogP contribution in [0.3, 0.4) is 0 Å². The highest BCUT2D eigenvalue weighted by atomic mass is 35.5. The summed E-state index contributed by atoms with van der Waals surface area (Å²) in [4.78, 5) is 40.4. The lowest BCUT2D eigenvalue weighted by Gasteiger charge is -2.40. The molecule has 2 aromatic carbocycles. The van der Waals surface area contributed by atoms with Crippen molar-refractivity contribution >= 4 is 23.4 Å². The van der Waals surface area contributed by atoms with E-state index in [4.69, 9.17) is 22.4 Å². The van der Waals surface area contributed by atoms with E-state index in [0.29, 0.717) is 43.2 Å². The average molecular weight is 520 g/mol. The lowest BCUT2D eigenvalue weighted by atomic mass is 9.68. The minimum atomic E-state index is -0.445. The number of hydrogen-bond acceptors (Lipinski definition) is 5. The van der Waals surface area contributed by atoms with E-state index in [1.54, 1.807) is 6.07 Å². The molecule has 2 aliphatic rings. The average Bonchev–Trinajstić information content (AvgIpc) is 2.93. The second-order valence-electron chi connectivity index (χ2n) is 9.86. The molecule has 0 unspecified atom stereocenters. The molecule has 0 atom stereocenters. The van der Waals surface area contributed by atoms with E-state index in [1.807, 2.05) is 48.5 Å². The SMILES string of the molecule is NCC1(c2cccc(Cl)c2)CCC(n2nc(-c3ccccc3)cc(C(=O)N3CCNC(=O)C3)c2=O)CC1. The Kier molecular flexibility index (Phi) is 7.13. The number of hydrogen-bond donors (Lipinski definition) is 2. The lowest BCUT2D eigenvalue weighted by molar-refractivity contribution is -0.123. The van der Waals surface area contributed by atoms with Crippen molar-refractivity contribution in [1.29, 1.82) is 0 Å². The van der Waals surface area contributed by atoms with Crippen LogP contribution in [0.5, 0.6) is 0 Å². The summed E-state index contributed by atoms with van der Waals surface area (Å²) >= 11 is 6.27. The number of halogens is 1. The first-order chi connectivity index (χ1) is 17.9. The molecule has 1 saturated carbocycles. The van der Waals surface area contributed by atoms with Crippen molar-refractivity contribution in [2.24, 2.45) is 5.73 Å². The molecule has 3 N–H and O–H groups in total. The maximum absolute atomic E-state index is 13.7. The van der Waals surface area contributed by atoms with Crippen LogP contribution in [0, 0.1) is 0 Å². The molecule has 1 saturated heterocycles. The Balaban J connectivity index is 1.50. The van der Waals surface area contributed by atoms with Gasteiger partial charge in [-0.2, -0.15) is 5.10 Å². The van der Waals surface area contributed by atoms with Gasteiger partial charge in [0.05, 0.1) is 18.3 Å². The molecule has 192 valence electrons. The first kappa shape index (κ1) is 25.2. The van der Waals surface area contributed by atoms with Crippen molar-refractivity contribution in [2.45, 2.75) is 37.1 Å². The summed E-state index contributed by atoms with van der Waals surface area (Å²) < 4.78 is 1.48. The van der Waals surface area contributed by atoms with E-state index in [0.717, 1.165) is 24.0 Å². The summed E-state index contributed by atoms with van der Waals surface area (Å²) in [6.45, 7) is 1.13. The van der Waals surface area contributed by atoms with Crippen LogP contribution < -0.4 is 16.6 Å². The third-order valence-corrected chi connectivity index (χ3v) is 7.88. The summed E-state index contributed by atoms with van der Waals surface area (Å²) in [5, 5.41) is 8.12. The minimum Gasteiger partial charge on any atom is -0.353 e. The second kappa shape index (κ2) is 10.5. The van der Waals surface area contributed by atoms with Crippen LogP contribution in [-0.4, -0.2) is 52.7 Å². The molecule has 1 aromatic heterocycles. The molecule has 1 aliphatic heterocycles. The van der Waals surface area contributed by atoms with Crippen molar-refractivity contribution < 1.29 is 9.59 Å². The van der Waals surface area contributed by atoms with Crippen molar-refractivity contribution in [3.8, 4) is 11.3 Å². The van der Waals surface area contributed by atoms with Crippen molar-refractivity contribution in [1.82, 2.24) is 20.0 Å². The van der Waals surface area contributed by atoms with Gasteiger partial charge in [0, 0.05) is 35.6 Å². The van der Waals surface area contributed by atoms with E-state index < -0.39 is 11.5 Å². The van der Waals surface area contributed by atoms with Crippen LogP contribution >= 0.6 is 11.6 Å². The molecular formula is C28H30ClN5O3. The van der Waals surface area contributed by atoms with Gasteiger partial charge in [-0.05, 0) is 49.4 Å². The highest BCUT2D eigenvalue weighted by molar-refractivity contribution is 6.30. The Labute approximate surface area is 220 Å². The molecule has 2 heterocycles. The number of carbonyl (C=O) groups excluding carboxylic acids is 2. The fourth-order valence-electron chi connectivity index (χ4n) is 5.47. The van der Waals surface area contributed by atoms with Gasteiger partial charge in [-0.25, -0.2) is 4.68 Å². The molecule has 9 heteroatoms. The number of aromatic nitrogens is 2. The van der Waals surface area contributed by atoms with Crippen molar-refractivity contribution in [3.05, 3.63) is 87.2 Å². The minimum absolute atomic E-state index is 0.0362. The highest BCUT2D eigenvalue weighted by Crippen LogP contribution is 2.42. The molecule has 2 fully saturated rings. The van der Waals surface area contributed by atoms with Gasteiger partial charge in [0.15, 0.2) is 0 Å². The molecule has 0 radical (unpaired) electrons. The van der Waals surface area contributed by atoms with E-state index >= 15 is 0 Å². The Hall–Kier alpha value is -3.49. The molecule has 2 amide bonds. The summed E-state index contributed by atoms with van der Waals surface area (Å²) in [6, 6.07) is 18.7. The van der Waals surface area contributed by atoms with Crippen LogP contribution in [-0.2, 0) is 10.2 Å². The number of benzene rings is 2. The largest absolute Gasteiger partial charge is 0.353 e. The summed E-state index contributed by atoms with van der Waals surface area (Å²) in [7, 11) is 0. The predicted molar refractivity (Wildman–Crippen MR) is 143 cm³/mol. The van der Waals surface area contributed by atoms with E-state index in [2.05, 4.69) is 11.4 Å². The predicted octanol–water partition coefficient (Wildman–Crippen LogP) is 3.15. The van der Waals surface area contributed by atoms with E-state index in [-0.39, 0.29) is 29.5 Å². The zero-order chi connectivity index (χ0) is 26.0. The van der Waals surface area contributed by atoms with Gasteiger partial charge in [-0.15, -0.1) is 0 Å². The van der Waals surface area contributed by atoms with Gasteiger partial charge in [0.25, 0.3) is 11.5 Å². The topological polar surface area (TPSA) is 110 Å². The normalized spacial score (nSPS) is 21.9. The molecule has 1 aliphatic carbocycles. The van der Waals surface area contributed by atoms with Crippen LogP contribution in [0.15, 0.2) is 65.5 Å².